The molecule has 0 saturated heterocycles. The summed E-state index contributed by atoms with van der Waals surface area (Å²) in [6.45, 7) is 3.22. The van der Waals surface area contributed by atoms with E-state index in [2.05, 4.69) is 10.1 Å². The largest absolute Gasteiger partial charge is 0.338 e. The fourth-order valence-corrected chi connectivity index (χ4v) is 2.87. The first-order valence-corrected chi connectivity index (χ1v) is 7.26. The summed E-state index contributed by atoms with van der Waals surface area (Å²) in [6, 6.07) is 9.03. The number of aryl methyl sites for hydroxylation is 1. The number of nitrogens with zero attached hydrogens (tertiary/aromatic N) is 2. The SMILES string of the molecule is Cc1noc([C@H](C)S(=O)(=O)Cc2ccccc2)n1. The van der Waals surface area contributed by atoms with Crippen molar-refractivity contribution in [3.05, 3.63) is 47.6 Å². The Morgan fingerprint density at radius 3 is 2.50 bits per heavy atom. The van der Waals surface area contributed by atoms with Gasteiger partial charge in [0.15, 0.2) is 15.7 Å². The predicted molar refractivity (Wildman–Crippen MR) is 66.5 cm³/mol. The quantitative estimate of drug-likeness (QED) is 0.846. The maximum Gasteiger partial charge on any atom is 0.244 e. The highest BCUT2D eigenvalue weighted by Gasteiger charge is 2.27. The van der Waals surface area contributed by atoms with Crippen LogP contribution in [0.15, 0.2) is 34.9 Å². The molecule has 0 aliphatic carbocycles. The molecule has 1 aromatic heterocycles. The first-order chi connectivity index (χ1) is 8.49. The lowest BCUT2D eigenvalue weighted by Crippen LogP contribution is -2.13. The van der Waals surface area contributed by atoms with Crippen LogP contribution in [0.1, 0.15) is 29.5 Å². The zero-order chi connectivity index (χ0) is 13.2. The van der Waals surface area contributed by atoms with Crippen LogP contribution in [0.3, 0.4) is 0 Å². The average molecular weight is 266 g/mol. The lowest BCUT2D eigenvalue weighted by atomic mass is 10.2. The van der Waals surface area contributed by atoms with Crippen molar-refractivity contribution in [2.45, 2.75) is 24.9 Å². The van der Waals surface area contributed by atoms with Gasteiger partial charge < -0.3 is 4.52 Å². The van der Waals surface area contributed by atoms with Crippen LogP contribution >= 0.6 is 0 Å². The number of hydrogen-bond donors (Lipinski definition) is 0. The second-order valence-corrected chi connectivity index (χ2v) is 6.44. The molecule has 0 spiro atoms. The van der Waals surface area contributed by atoms with Gasteiger partial charge in [-0.1, -0.05) is 35.5 Å². The van der Waals surface area contributed by atoms with Gasteiger partial charge in [-0.15, -0.1) is 0 Å². The summed E-state index contributed by atoms with van der Waals surface area (Å²) in [6.07, 6.45) is 0. The molecule has 0 saturated carbocycles. The maximum absolute atomic E-state index is 12.2. The highest BCUT2D eigenvalue weighted by atomic mass is 32.2. The van der Waals surface area contributed by atoms with Gasteiger partial charge >= 0.3 is 0 Å². The van der Waals surface area contributed by atoms with E-state index in [1.807, 2.05) is 18.2 Å². The minimum absolute atomic E-state index is 0.0313. The molecule has 1 aromatic carbocycles. The van der Waals surface area contributed by atoms with Crippen LogP contribution in [0.2, 0.25) is 0 Å². The Balaban J connectivity index is 2.21. The molecule has 18 heavy (non-hydrogen) atoms. The minimum Gasteiger partial charge on any atom is -0.338 e. The number of hydrogen-bond acceptors (Lipinski definition) is 5. The van der Waals surface area contributed by atoms with Gasteiger partial charge in [-0.05, 0) is 19.4 Å². The Morgan fingerprint density at radius 1 is 1.28 bits per heavy atom. The van der Waals surface area contributed by atoms with Crippen molar-refractivity contribution in [1.29, 1.82) is 0 Å². The second-order valence-electron chi connectivity index (χ2n) is 4.11. The Hall–Kier alpha value is -1.69. The Kier molecular flexibility index (Phi) is 3.47. The average Bonchev–Trinajstić information content (AvgIpc) is 2.75. The highest BCUT2D eigenvalue weighted by molar-refractivity contribution is 7.90. The van der Waals surface area contributed by atoms with E-state index in [0.29, 0.717) is 5.82 Å². The van der Waals surface area contributed by atoms with Crippen LogP contribution in [0.5, 0.6) is 0 Å². The van der Waals surface area contributed by atoms with Crippen molar-refractivity contribution in [2.24, 2.45) is 0 Å². The molecule has 0 aliphatic heterocycles. The van der Waals surface area contributed by atoms with Crippen molar-refractivity contribution in [1.82, 2.24) is 10.1 Å². The van der Waals surface area contributed by atoms with Crippen LogP contribution in [-0.2, 0) is 15.6 Å². The van der Waals surface area contributed by atoms with E-state index in [4.69, 9.17) is 4.52 Å². The van der Waals surface area contributed by atoms with Crippen LogP contribution < -0.4 is 0 Å². The number of rotatable bonds is 4. The van der Waals surface area contributed by atoms with E-state index in [9.17, 15) is 8.42 Å². The zero-order valence-corrected chi connectivity index (χ0v) is 11.0. The van der Waals surface area contributed by atoms with E-state index in [0.717, 1.165) is 5.56 Å². The summed E-state index contributed by atoms with van der Waals surface area (Å²) >= 11 is 0. The smallest absolute Gasteiger partial charge is 0.244 e. The molecule has 1 atom stereocenters. The van der Waals surface area contributed by atoms with Crippen molar-refractivity contribution < 1.29 is 12.9 Å². The van der Waals surface area contributed by atoms with Crippen molar-refractivity contribution >= 4 is 9.84 Å². The molecular weight excluding hydrogens is 252 g/mol. The molecule has 0 unspecified atom stereocenters. The molecule has 0 N–H and O–H groups in total. The van der Waals surface area contributed by atoms with Gasteiger partial charge in [-0.3, -0.25) is 0 Å². The third kappa shape index (κ3) is 2.76. The molecule has 0 fully saturated rings. The van der Waals surface area contributed by atoms with E-state index < -0.39 is 15.1 Å². The Bertz CT molecular complexity index is 620. The predicted octanol–water partition coefficient (Wildman–Crippen LogP) is 2.05. The lowest BCUT2D eigenvalue weighted by Gasteiger charge is -2.08. The molecule has 0 radical (unpaired) electrons. The first-order valence-electron chi connectivity index (χ1n) is 5.55. The van der Waals surface area contributed by atoms with Crippen LogP contribution in [0.4, 0.5) is 0 Å². The fourth-order valence-electron chi connectivity index (χ4n) is 1.56. The Morgan fingerprint density at radius 2 is 1.94 bits per heavy atom. The summed E-state index contributed by atoms with van der Waals surface area (Å²) in [4.78, 5) is 3.96. The van der Waals surface area contributed by atoms with Crippen LogP contribution in [-0.4, -0.2) is 18.6 Å². The summed E-state index contributed by atoms with van der Waals surface area (Å²) in [5.41, 5.74) is 0.751. The van der Waals surface area contributed by atoms with E-state index in [-0.39, 0.29) is 11.6 Å². The van der Waals surface area contributed by atoms with Gasteiger partial charge in [-0.2, -0.15) is 4.98 Å². The summed E-state index contributed by atoms with van der Waals surface area (Å²) in [5.74, 6) is 0.548. The third-order valence-corrected chi connectivity index (χ3v) is 4.66. The third-order valence-electron chi connectivity index (χ3n) is 2.64. The van der Waals surface area contributed by atoms with Crippen LogP contribution in [0, 0.1) is 6.92 Å². The first kappa shape index (κ1) is 12.8. The van der Waals surface area contributed by atoms with E-state index >= 15 is 0 Å². The van der Waals surface area contributed by atoms with Crippen molar-refractivity contribution in [3.63, 3.8) is 0 Å². The number of benzene rings is 1. The number of aromatic nitrogens is 2. The van der Waals surface area contributed by atoms with Crippen molar-refractivity contribution in [2.75, 3.05) is 0 Å². The molecule has 2 aromatic rings. The molecule has 0 aliphatic rings. The van der Waals surface area contributed by atoms with Gasteiger partial charge in [-0.25, -0.2) is 8.42 Å². The summed E-state index contributed by atoms with van der Waals surface area (Å²) in [7, 11) is -3.35. The van der Waals surface area contributed by atoms with Gasteiger partial charge in [0.1, 0.15) is 5.25 Å². The van der Waals surface area contributed by atoms with Crippen molar-refractivity contribution in [3.8, 4) is 0 Å². The van der Waals surface area contributed by atoms with Gasteiger partial charge in [0.25, 0.3) is 0 Å². The second kappa shape index (κ2) is 4.89. The topological polar surface area (TPSA) is 73.1 Å². The normalized spacial score (nSPS) is 13.4. The molecule has 0 bridgehead atoms. The number of sulfone groups is 1. The molecule has 6 heteroatoms. The van der Waals surface area contributed by atoms with Gasteiger partial charge in [0, 0.05) is 0 Å². The van der Waals surface area contributed by atoms with Gasteiger partial charge in [0.05, 0.1) is 5.75 Å². The molecule has 1 heterocycles. The van der Waals surface area contributed by atoms with Gasteiger partial charge in [0.2, 0.25) is 5.89 Å². The standard InChI is InChI=1S/C12H14N2O3S/c1-9(12-13-10(2)14-17-12)18(15,16)8-11-6-4-3-5-7-11/h3-7,9H,8H2,1-2H3/t9-/m0/s1. The Labute approximate surface area is 106 Å². The van der Waals surface area contributed by atoms with E-state index in [1.54, 1.807) is 26.0 Å². The lowest BCUT2D eigenvalue weighted by molar-refractivity contribution is 0.373. The maximum atomic E-state index is 12.2. The fraction of sp³-hybridized carbons (Fsp3) is 0.333. The molecular formula is C12H14N2O3S. The molecule has 0 amide bonds. The monoisotopic (exact) mass is 266 g/mol. The minimum atomic E-state index is -3.35. The molecule has 2 rings (SSSR count). The molecule has 96 valence electrons. The van der Waals surface area contributed by atoms with E-state index in [1.165, 1.54) is 0 Å². The molecule has 5 nitrogen and oxygen atoms in total. The van der Waals surface area contributed by atoms with Crippen LogP contribution in [0.25, 0.3) is 0 Å². The summed E-state index contributed by atoms with van der Waals surface area (Å²) in [5, 5.41) is 2.82. The highest BCUT2D eigenvalue weighted by Crippen LogP contribution is 2.23. The zero-order valence-electron chi connectivity index (χ0n) is 10.2. The summed E-state index contributed by atoms with van der Waals surface area (Å²) < 4.78 is 29.3.